The molecule has 0 heterocycles. The maximum atomic E-state index is 5.33. The average Bonchev–Trinajstić information content (AvgIpc) is 2.53. The molecule has 0 radical (unpaired) electrons. The fourth-order valence-electron chi connectivity index (χ4n) is 2.25. The molecule has 1 unspecified atom stereocenters. The Morgan fingerprint density at radius 1 is 1.27 bits per heavy atom. The monoisotopic (exact) mass is 305 g/mol. The van der Waals surface area contributed by atoms with Crippen molar-refractivity contribution in [3.63, 3.8) is 0 Å². The van der Waals surface area contributed by atoms with Gasteiger partial charge in [0.1, 0.15) is 0 Å². The molecule has 0 saturated heterocycles. The summed E-state index contributed by atoms with van der Waals surface area (Å²) in [6.45, 7) is 9.83. The van der Waals surface area contributed by atoms with Gasteiger partial charge in [0.2, 0.25) is 0 Å². The molecule has 4 heteroatoms. The Morgan fingerprint density at radius 2 is 2.09 bits per heavy atom. The van der Waals surface area contributed by atoms with Crippen LogP contribution in [0.25, 0.3) is 0 Å². The summed E-state index contributed by atoms with van der Waals surface area (Å²) >= 11 is 0. The van der Waals surface area contributed by atoms with Gasteiger partial charge in [-0.2, -0.15) is 0 Å². The van der Waals surface area contributed by atoms with Crippen molar-refractivity contribution in [1.29, 1.82) is 0 Å². The summed E-state index contributed by atoms with van der Waals surface area (Å²) in [6.07, 6.45) is 2.17. The van der Waals surface area contributed by atoms with E-state index >= 15 is 0 Å². The van der Waals surface area contributed by atoms with E-state index < -0.39 is 0 Å². The van der Waals surface area contributed by atoms with Gasteiger partial charge in [0.15, 0.2) is 5.96 Å². The molecule has 0 fully saturated rings. The van der Waals surface area contributed by atoms with Gasteiger partial charge >= 0.3 is 0 Å². The van der Waals surface area contributed by atoms with Crippen LogP contribution in [0.5, 0.6) is 0 Å². The number of ether oxygens (including phenoxy) is 1. The normalized spacial score (nSPS) is 13.0. The predicted octanol–water partition coefficient (Wildman–Crippen LogP) is 3.08. The second-order valence-electron chi connectivity index (χ2n) is 5.60. The van der Waals surface area contributed by atoms with Crippen LogP contribution in [0.2, 0.25) is 0 Å². The maximum absolute atomic E-state index is 5.33. The fraction of sp³-hybridized carbons (Fsp3) is 0.611. The number of rotatable bonds is 9. The highest BCUT2D eigenvalue weighted by molar-refractivity contribution is 5.79. The minimum atomic E-state index is 0.455. The zero-order valence-electron chi connectivity index (χ0n) is 14.5. The molecule has 0 aromatic heterocycles. The zero-order chi connectivity index (χ0) is 16.2. The first-order chi connectivity index (χ1) is 10.7. The van der Waals surface area contributed by atoms with Crippen LogP contribution in [0.1, 0.15) is 43.7 Å². The Bertz CT molecular complexity index is 446. The van der Waals surface area contributed by atoms with Gasteiger partial charge in [0, 0.05) is 33.4 Å². The van der Waals surface area contributed by atoms with Gasteiger partial charge in [-0.05, 0) is 38.2 Å². The third-order valence-electron chi connectivity index (χ3n) is 3.62. The van der Waals surface area contributed by atoms with E-state index in [9.17, 15) is 0 Å². The SMILES string of the molecule is CCOCCCCNC(=NC)NCC(C)c1cccc(C)c1. The highest BCUT2D eigenvalue weighted by Gasteiger charge is 2.06. The van der Waals surface area contributed by atoms with Gasteiger partial charge in [0.05, 0.1) is 0 Å². The molecule has 0 aliphatic carbocycles. The molecule has 0 spiro atoms. The number of nitrogens with zero attached hydrogens (tertiary/aromatic N) is 1. The van der Waals surface area contributed by atoms with Crippen molar-refractivity contribution in [2.45, 2.75) is 39.5 Å². The standard InChI is InChI=1S/C18H31N3O/c1-5-22-12-7-6-11-20-18(19-4)21-14-16(3)17-10-8-9-15(2)13-17/h8-10,13,16H,5-7,11-12,14H2,1-4H3,(H2,19,20,21). The number of aliphatic imine (C=N–C) groups is 1. The molecule has 1 rings (SSSR count). The Kier molecular flexibility index (Phi) is 9.31. The average molecular weight is 305 g/mol. The molecule has 1 aromatic carbocycles. The minimum absolute atomic E-state index is 0.455. The van der Waals surface area contributed by atoms with Gasteiger partial charge in [-0.25, -0.2) is 0 Å². The number of hydrogen-bond donors (Lipinski definition) is 2. The van der Waals surface area contributed by atoms with E-state index in [0.717, 1.165) is 45.1 Å². The Balaban J connectivity index is 2.26. The number of benzene rings is 1. The summed E-state index contributed by atoms with van der Waals surface area (Å²) in [6, 6.07) is 8.68. The molecule has 124 valence electrons. The molecule has 0 bridgehead atoms. The van der Waals surface area contributed by atoms with Gasteiger partial charge in [-0.1, -0.05) is 36.8 Å². The third kappa shape index (κ3) is 7.46. The van der Waals surface area contributed by atoms with Crippen LogP contribution in [0.15, 0.2) is 29.3 Å². The van der Waals surface area contributed by atoms with Gasteiger partial charge in [-0.15, -0.1) is 0 Å². The number of aryl methyl sites for hydroxylation is 1. The maximum Gasteiger partial charge on any atom is 0.190 e. The molecular formula is C18H31N3O. The van der Waals surface area contributed by atoms with Crippen LogP contribution in [0.3, 0.4) is 0 Å². The lowest BCUT2D eigenvalue weighted by Gasteiger charge is -2.16. The van der Waals surface area contributed by atoms with E-state index in [1.165, 1.54) is 11.1 Å². The van der Waals surface area contributed by atoms with Gasteiger partial charge in [-0.3, -0.25) is 4.99 Å². The van der Waals surface area contributed by atoms with Crippen LogP contribution >= 0.6 is 0 Å². The molecular weight excluding hydrogens is 274 g/mol. The van der Waals surface area contributed by atoms with Crippen LogP contribution in [-0.4, -0.2) is 39.3 Å². The minimum Gasteiger partial charge on any atom is -0.382 e. The molecule has 4 nitrogen and oxygen atoms in total. The zero-order valence-corrected chi connectivity index (χ0v) is 14.5. The summed E-state index contributed by atoms with van der Waals surface area (Å²) in [4.78, 5) is 4.27. The van der Waals surface area contributed by atoms with Crippen molar-refractivity contribution in [3.05, 3.63) is 35.4 Å². The number of hydrogen-bond acceptors (Lipinski definition) is 2. The van der Waals surface area contributed by atoms with Gasteiger partial charge < -0.3 is 15.4 Å². The molecule has 1 atom stereocenters. The summed E-state index contributed by atoms with van der Waals surface area (Å²) < 4.78 is 5.33. The van der Waals surface area contributed by atoms with Crippen molar-refractivity contribution in [2.24, 2.45) is 4.99 Å². The second kappa shape index (κ2) is 11.1. The molecule has 1 aromatic rings. The Morgan fingerprint density at radius 3 is 2.77 bits per heavy atom. The van der Waals surface area contributed by atoms with Crippen LogP contribution in [-0.2, 0) is 4.74 Å². The molecule has 0 aliphatic heterocycles. The molecule has 2 N–H and O–H groups in total. The number of guanidine groups is 1. The number of unbranched alkanes of at least 4 members (excludes halogenated alkanes) is 1. The van der Waals surface area contributed by atoms with E-state index in [1.807, 2.05) is 14.0 Å². The quantitative estimate of drug-likeness (QED) is 0.419. The van der Waals surface area contributed by atoms with Crippen LogP contribution in [0.4, 0.5) is 0 Å². The summed E-state index contributed by atoms with van der Waals surface area (Å²) in [5.74, 6) is 1.33. The molecule has 0 saturated carbocycles. The number of nitrogens with one attached hydrogen (secondary N) is 2. The van der Waals surface area contributed by atoms with Crippen molar-refractivity contribution in [1.82, 2.24) is 10.6 Å². The first-order valence-corrected chi connectivity index (χ1v) is 8.26. The first kappa shape index (κ1) is 18.5. The highest BCUT2D eigenvalue weighted by atomic mass is 16.5. The van der Waals surface area contributed by atoms with E-state index in [4.69, 9.17) is 4.74 Å². The predicted molar refractivity (Wildman–Crippen MR) is 94.7 cm³/mol. The topological polar surface area (TPSA) is 45.6 Å². The Hall–Kier alpha value is -1.55. The van der Waals surface area contributed by atoms with Gasteiger partial charge in [0.25, 0.3) is 0 Å². The molecule has 0 amide bonds. The lowest BCUT2D eigenvalue weighted by Crippen LogP contribution is -2.39. The van der Waals surface area contributed by atoms with E-state index in [0.29, 0.717) is 5.92 Å². The fourth-order valence-corrected chi connectivity index (χ4v) is 2.25. The van der Waals surface area contributed by atoms with E-state index in [1.54, 1.807) is 0 Å². The van der Waals surface area contributed by atoms with E-state index in [-0.39, 0.29) is 0 Å². The third-order valence-corrected chi connectivity index (χ3v) is 3.62. The van der Waals surface area contributed by atoms with Crippen molar-refractivity contribution in [2.75, 3.05) is 33.4 Å². The smallest absolute Gasteiger partial charge is 0.190 e. The summed E-state index contributed by atoms with van der Waals surface area (Å²) in [5.41, 5.74) is 2.67. The lowest BCUT2D eigenvalue weighted by molar-refractivity contribution is 0.143. The second-order valence-corrected chi connectivity index (χ2v) is 5.60. The van der Waals surface area contributed by atoms with E-state index in [2.05, 4.69) is 53.7 Å². The largest absolute Gasteiger partial charge is 0.382 e. The van der Waals surface area contributed by atoms with Crippen molar-refractivity contribution >= 4 is 5.96 Å². The lowest BCUT2D eigenvalue weighted by atomic mass is 9.99. The molecule has 22 heavy (non-hydrogen) atoms. The van der Waals surface area contributed by atoms with Crippen molar-refractivity contribution in [3.8, 4) is 0 Å². The Labute approximate surface area is 135 Å². The van der Waals surface area contributed by atoms with Crippen LogP contribution in [0, 0.1) is 6.92 Å². The molecule has 0 aliphatic rings. The summed E-state index contributed by atoms with van der Waals surface area (Å²) in [5, 5.41) is 6.74. The first-order valence-electron chi connectivity index (χ1n) is 8.26. The highest BCUT2D eigenvalue weighted by Crippen LogP contribution is 2.15. The summed E-state index contributed by atoms with van der Waals surface area (Å²) in [7, 11) is 1.81. The van der Waals surface area contributed by atoms with Crippen LogP contribution < -0.4 is 10.6 Å². The van der Waals surface area contributed by atoms with Crippen molar-refractivity contribution < 1.29 is 4.74 Å².